The van der Waals surface area contributed by atoms with Crippen LogP contribution in [0.25, 0.3) is 0 Å². The lowest BCUT2D eigenvalue weighted by molar-refractivity contribution is 0.0953. The van der Waals surface area contributed by atoms with Crippen molar-refractivity contribution in [2.45, 2.75) is 0 Å². The molecule has 3 aromatic rings. The zero-order valence-corrected chi connectivity index (χ0v) is 15.4. The van der Waals surface area contributed by atoms with Crippen LogP contribution in [0.15, 0.2) is 77.9 Å². The van der Waals surface area contributed by atoms with Crippen molar-refractivity contribution in [1.82, 2.24) is 5.43 Å². The first-order valence-corrected chi connectivity index (χ1v) is 8.69. The van der Waals surface area contributed by atoms with E-state index >= 15 is 0 Å². The van der Waals surface area contributed by atoms with Crippen LogP contribution in [0.4, 0.5) is 5.69 Å². The van der Waals surface area contributed by atoms with Crippen LogP contribution in [0.5, 0.6) is 5.75 Å². The molecule has 0 saturated carbocycles. The summed E-state index contributed by atoms with van der Waals surface area (Å²) in [6, 6.07) is 19.6. The molecule has 0 heterocycles. The van der Waals surface area contributed by atoms with E-state index in [0.717, 1.165) is 0 Å². The molecular formula is C21H16ClN3O3. The number of phenols is 1. The zero-order chi connectivity index (χ0) is 19.9. The number of hydrazone groups is 1. The standard InChI is InChI=1S/C21H16ClN3O3/c22-19-10-2-1-9-18(19)21(28)24-16-7-4-6-15(12-16)20(27)25-23-13-14-5-3-8-17(26)11-14/h1-13,26H,(H,24,28)(H,25,27). The van der Waals surface area contributed by atoms with Gasteiger partial charge in [-0.05, 0) is 48.0 Å². The molecule has 140 valence electrons. The summed E-state index contributed by atoms with van der Waals surface area (Å²) in [6.45, 7) is 0. The number of carbonyl (C=O) groups excluding carboxylic acids is 2. The Morgan fingerprint density at radius 3 is 2.50 bits per heavy atom. The van der Waals surface area contributed by atoms with Crippen molar-refractivity contribution < 1.29 is 14.7 Å². The number of hydrogen-bond donors (Lipinski definition) is 3. The van der Waals surface area contributed by atoms with Crippen LogP contribution in [0.2, 0.25) is 5.02 Å². The number of anilines is 1. The van der Waals surface area contributed by atoms with Gasteiger partial charge in [0.05, 0.1) is 16.8 Å². The minimum atomic E-state index is -0.440. The SMILES string of the molecule is O=C(NN=Cc1cccc(O)c1)c1cccc(NC(=O)c2ccccc2Cl)c1. The van der Waals surface area contributed by atoms with Crippen LogP contribution >= 0.6 is 11.6 Å². The Hall–Kier alpha value is -3.64. The van der Waals surface area contributed by atoms with Gasteiger partial charge < -0.3 is 10.4 Å². The summed E-state index contributed by atoms with van der Waals surface area (Å²) in [5.74, 6) is -0.701. The molecule has 3 N–H and O–H groups in total. The molecule has 0 aliphatic carbocycles. The molecule has 0 radical (unpaired) electrons. The Morgan fingerprint density at radius 1 is 0.929 bits per heavy atom. The normalized spacial score (nSPS) is 10.6. The Bertz CT molecular complexity index is 1050. The third-order valence-electron chi connectivity index (χ3n) is 3.75. The summed E-state index contributed by atoms with van der Waals surface area (Å²) in [6.07, 6.45) is 1.42. The van der Waals surface area contributed by atoms with Crippen molar-refractivity contribution in [2.75, 3.05) is 5.32 Å². The second-order valence-electron chi connectivity index (χ2n) is 5.81. The monoisotopic (exact) mass is 393 g/mol. The quantitative estimate of drug-likeness (QED) is 0.451. The summed E-state index contributed by atoms with van der Waals surface area (Å²) >= 11 is 6.03. The predicted molar refractivity (Wildman–Crippen MR) is 109 cm³/mol. The number of halogens is 1. The van der Waals surface area contributed by atoms with E-state index in [1.165, 1.54) is 18.3 Å². The first-order chi connectivity index (χ1) is 13.5. The van der Waals surface area contributed by atoms with E-state index < -0.39 is 5.91 Å². The number of hydrogen-bond acceptors (Lipinski definition) is 4. The molecule has 0 aliphatic rings. The number of rotatable bonds is 5. The Morgan fingerprint density at radius 2 is 1.71 bits per heavy atom. The first-order valence-electron chi connectivity index (χ1n) is 8.31. The molecule has 0 fully saturated rings. The molecule has 0 bridgehead atoms. The van der Waals surface area contributed by atoms with Gasteiger partial charge in [0.2, 0.25) is 0 Å². The average Bonchev–Trinajstić information content (AvgIpc) is 2.68. The zero-order valence-electron chi connectivity index (χ0n) is 14.6. The van der Waals surface area contributed by atoms with E-state index in [-0.39, 0.29) is 11.7 Å². The van der Waals surface area contributed by atoms with Gasteiger partial charge in [-0.3, -0.25) is 9.59 Å². The van der Waals surface area contributed by atoms with Gasteiger partial charge >= 0.3 is 0 Å². The third-order valence-corrected chi connectivity index (χ3v) is 4.08. The van der Waals surface area contributed by atoms with E-state index in [4.69, 9.17) is 11.6 Å². The van der Waals surface area contributed by atoms with E-state index in [0.29, 0.717) is 27.4 Å². The number of carbonyl (C=O) groups is 2. The highest BCUT2D eigenvalue weighted by Gasteiger charge is 2.11. The smallest absolute Gasteiger partial charge is 0.271 e. The highest BCUT2D eigenvalue weighted by Crippen LogP contribution is 2.18. The molecule has 6 nitrogen and oxygen atoms in total. The predicted octanol–water partition coefficient (Wildman–Crippen LogP) is 4.06. The van der Waals surface area contributed by atoms with E-state index in [9.17, 15) is 14.7 Å². The van der Waals surface area contributed by atoms with Crippen molar-refractivity contribution in [2.24, 2.45) is 5.10 Å². The second kappa shape index (κ2) is 8.83. The molecular weight excluding hydrogens is 378 g/mol. The van der Waals surface area contributed by atoms with Crippen molar-refractivity contribution >= 4 is 35.3 Å². The van der Waals surface area contributed by atoms with Crippen LogP contribution in [0.1, 0.15) is 26.3 Å². The number of phenolic OH excluding ortho intramolecular Hbond substituents is 1. The van der Waals surface area contributed by atoms with Crippen LogP contribution in [0.3, 0.4) is 0 Å². The lowest BCUT2D eigenvalue weighted by Gasteiger charge is -2.08. The van der Waals surface area contributed by atoms with Gasteiger partial charge in [-0.15, -0.1) is 0 Å². The number of nitrogens with zero attached hydrogens (tertiary/aromatic N) is 1. The van der Waals surface area contributed by atoms with Crippen LogP contribution < -0.4 is 10.7 Å². The van der Waals surface area contributed by atoms with E-state index in [1.54, 1.807) is 60.7 Å². The largest absolute Gasteiger partial charge is 0.508 e. The topological polar surface area (TPSA) is 90.8 Å². The fourth-order valence-corrected chi connectivity index (χ4v) is 2.64. The molecule has 2 amide bonds. The molecule has 0 aromatic heterocycles. The van der Waals surface area contributed by atoms with Crippen LogP contribution in [-0.4, -0.2) is 23.1 Å². The average molecular weight is 394 g/mol. The summed E-state index contributed by atoms with van der Waals surface area (Å²) in [5, 5.41) is 16.3. The molecule has 0 aliphatic heterocycles. The van der Waals surface area contributed by atoms with E-state index in [2.05, 4.69) is 15.8 Å². The molecule has 3 rings (SSSR count). The second-order valence-corrected chi connectivity index (χ2v) is 6.22. The maximum Gasteiger partial charge on any atom is 0.271 e. The Labute approximate surface area is 166 Å². The molecule has 0 saturated heterocycles. The van der Waals surface area contributed by atoms with E-state index in [1.807, 2.05) is 0 Å². The number of amides is 2. The van der Waals surface area contributed by atoms with Gasteiger partial charge in [-0.2, -0.15) is 5.10 Å². The summed E-state index contributed by atoms with van der Waals surface area (Å²) in [5.41, 5.74) is 4.16. The maximum absolute atomic E-state index is 12.3. The fraction of sp³-hybridized carbons (Fsp3) is 0. The van der Waals surface area contributed by atoms with Gasteiger partial charge in [0.25, 0.3) is 11.8 Å². The molecule has 28 heavy (non-hydrogen) atoms. The van der Waals surface area contributed by atoms with Crippen LogP contribution in [-0.2, 0) is 0 Å². The summed E-state index contributed by atoms with van der Waals surface area (Å²) in [4.78, 5) is 24.6. The summed E-state index contributed by atoms with van der Waals surface area (Å²) < 4.78 is 0. The minimum absolute atomic E-state index is 0.109. The van der Waals surface area contributed by atoms with Gasteiger partial charge in [0, 0.05) is 11.3 Å². The number of nitrogens with one attached hydrogen (secondary N) is 2. The molecule has 7 heteroatoms. The van der Waals surface area contributed by atoms with Crippen molar-refractivity contribution in [3.05, 3.63) is 94.5 Å². The molecule has 0 atom stereocenters. The van der Waals surface area contributed by atoms with Crippen LogP contribution in [0, 0.1) is 0 Å². The van der Waals surface area contributed by atoms with Gasteiger partial charge in [0.1, 0.15) is 5.75 Å². The Balaban J connectivity index is 1.66. The van der Waals surface area contributed by atoms with Crippen molar-refractivity contribution in [3.8, 4) is 5.75 Å². The highest BCUT2D eigenvalue weighted by molar-refractivity contribution is 6.34. The third kappa shape index (κ3) is 4.96. The van der Waals surface area contributed by atoms with Crippen molar-refractivity contribution in [3.63, 3.8) is 0 Å². The molecule has 0 spiro atoms. The highest BCUT2D eigenvalue weighted by atomic mass is 35.5. The lowest BCUT2D eigenvalue weighted by Crippen LogP contribution is -2.18. The Kier molecular flexibility index (Phi) is 6.04. The maximum atomic E-state index is 12.3. The van der Waals surface area contributed by atoms with Gasteiger partial charge in [0.15, 0.2) is 0 Å². The van der Waals surface area contributed by atoms with Crippen molar-refractivity contribution in [1.29, 1.82) is 0 Å². The molecule has 3 aromatic carbocycles. The lowest BCUT2D eigenvalue weighted by atomic mass is 10.1. The number of aromatic hydroxyl groups is 1. The summed E-state index contributed by atoms with van der Waals surface area (Å²) in [7, 11) is 0. The molecule has 0 unspecified atom stereocenters. The van der Waals surface area contributed by atoms with Gasteiger partial charge in [-0.25, -0.2) is 5.43 Å². The fourth-order valence-electron chi connectivity index (χ4n) is 2.42. The number of benzene rings is 3. The first kappa shape index (κ1) is 19.1. The van der Waals surface area contributed by atoms with Gasteiger partial charge in [-0.1, -0.05) is 41.9 Å². The minimum Gasteiger partial charge on any atom is -0.508 e.